The van der Waals surface area contributed by atoms with Crippen LogP contribution in [0.4, 0.5) is 0 Å². The molecule has 3 nitrogen and oxygen atoms in total. The summed E-state index contributed by atoms with van der Waals surface area (Å²) in [6.07, 6.45) is 3.28. The summed E-state index contributed by atoms with van der Waals surface area (Å²) in [6, 6.07) is 0. The smallest absolute Gasteiger partial charge is 0.333 e. The van der Waals surface area contributed by atoms with Crippen LogP contribution in [0.3, 0.4) is 0 Å². The van der Waals surface area contributed by atoms with E-state index in [-0.39, 0.29) is 5.97 Å². The highest BCUT2D eigenvalue weighted by atomic mass is 16.5. The highest BCUT2D eigenvalue weighted by Crippen LogP contribution is 2.37. The first-order chi connectivity index (χ1) is 7.04. The second-order valence-electron chi connectivity index (χ2n) is 4.57. The Hall–Kier alpha value is -0.830. The van der Waals surface area contributed by atoms with E-state index in [1.165, 1.54) is 13.5 Å². The number of likely N-dealkylation sites (N-methyl/N-ethyl adjacent to an activating group) is 1. The lowest BCUT2D eigenvalue weighted by molar-refractivity contribution is -0.136. The van der Waals surface area contributed by atoms with E-state index in [0.717, 1.165) is 24.9 Å². The third-order valence-electron chi connectivity index (χ3n) is 3.04. The number of rotatable bonds is 5. The summed E-state index contributed by atoms with van der Waals surface area (Å²) in [5, 5.41) is 0. The van der Waals surface area contributed by atoms with Gasteiger partial charge in [-0.3, -0.25) is 0 Å². The maximum Gasteiger partial charge on any atom is 0.333 e. The Labute approximate surface area is 92.1 Å². The number of hydrogen-bond acceptors (Lipinski definition) is 3. The average Bonchev–Trinajstić information content (AvgIpc) is 2.89. The summed E-state index contributed by atoms with van der Waals surface area (Å²) in [5.41, 5.74) is 0.688. The fourth-order valence-electron chi connectivity index (χ4n) is 1.67. The normalized spacial score (nSPS) is 25.5. The molecule has 0 heterocycles. The molecule has 0 aromatic carbocycles. The molecule has 2 atom stereocenters. The molecular formula is C12H21NO2. The number of carbonyl (C=O) groups excluding carboxylic acids is 1. The van der Waals surface area contributed by atoms with Gasteiger partial charge in [0.1, 0.15) is 0 Å². The standard InChI is InChI=1S/C12H21NO2/c1-9(12(14)15-4)5-6-13(3)8-11-7-10(11)2/h5,10-11H,6-8H2,1-4H3. The van der Waals surface area contributed by atoms with E-state index in [0.29, 0.717) is 5.57 Å². The highest BCUT2D eigenvalue weighted by molar-refractivity contribution is 5.87. The van der Waals surface area contributed by atoms with E-state index in [9.17, 15) is 4.79 Å². The van der Waals surface area contributed by atoms with Crippen molar-refractivity contribution in [1.82, 2.24) is 4.90 Å². The van der Waals surface area contributed by atoms with Gasteiger partial charge in [0.25, 0.3) is 0 Å². The monoisotopic (exact) mass is 211 g/mol. The Balaban J connectivity index is 2.25. The van der Waals surface area contributed by atoms with Crippen molar-refractivity contribution >= 4 is 5.97 Å². The quantitative estimate of drug-likeness (QED) is 0.512. The molecule has 2 unspecified atom stereocenters. The van der Waals surface area contributed by atoms with Crippen LogP contribution in [-0.2, 0) is 9.53 Å². The largest absolute Gasteiger partial charge is 0.466 e. The molecule has 0 aliphatic heterocycles. The molecule has 1 saturated carbocycles. The maximum absolute atomic E-state index is 11.1. The van der Waals surface area contributed by atoms with E-state index in [4.69, 9.17) is 0 Å². The zero-order chi connectivity index (χ0) is 11.4. The van der Waals surface area contributed by atoms with Crippen molar-refractivity contribution in [2.75, 3.05) is 27.2 Å². The number of esters is 1. The van der Waals surface area contributed by atoms with Crippen molar-refractivity contribution in [3.8, 4) is 0 Å². The van der Waals surface area contributed by atoms with E-state index < -0.39 is 0 Å². The molecule has 86 valence electrons. The van der Waals surface area contributed by atoms with Crippen molar-refractivity contribution in [3.05, 3.63) is 11.6 Å². The summed E-state index contributed by atoms with van der Waals surface area (Å²) in [7, 11) is 3.50. The molecule has 1 rings (SSSR count). The van der Waals surface area contributed by atoms with Crippen LogP contribution < -0.4 is 0 Å². The first kappa shape index (κ1) is 12.2. The van der Waals surface area contributed by atoms with E-state index in [1.807, 2.05) is 6.08 Å². The number of ether oxygens (including phenoxy) is 1. The van der Waals surface area contributed by atoms with Crippen LogP contribution in [0.25, 0.3) is 0 Å². The molecule has 0 aromatic rings. The summed E-state index contributed by atoms with van der Waals surface area (Å²) in [4.78, 5) is 13.4. The van der Waals surface area contributed by atoms with Gasteiger partial charge in [-0.2, -0.15) is 0 Å². The van der Waals surface area contributed by atoms with Gasteiger partial charge in [-0.05, 0) is 32.2 Å². The Morgan fingerprint density at radius 1 is 1.60 bits per heavy atom. The number of hydrogen-bond donors (Lipinski definition) is 0. The van der Waals surface area contributed by atoms with Crippen LogP contribution in [0.2, 0.25) is 0 Å². The molecule has 0 aromatic heterocycles. The van der Waals surface area contributed by atoms with E-state index in [2.05, 4.69) is 23.6 Å². The molecule has 0 amide bonds. The van der Waals surface area contributed by atoms with Crippen LogP contribution in [-0.4, -0.2) is 38.1 Å². The molecule has 0 bridgehead atoms. The minimum Gasteiger partial charge on any atom is -0.466 e. The molecule has 0 radical (unpaired) electrons. The van der Waals surface area contributed by atoms with Gasteiger partial charge in [-0.1, -0.05) is 13.0 Å². The zero-order valence-electron chi connectivity index (χ0n) is 10.1. The van der Waals surface area contributed by atoms with Gasteiger partial charge in [0, 0.05) is 18.7 Å². The number of methoxy groups -OCH3 is 1. The Morgan fingerprint density at radius 3 is 2.67 bits per heavy atom. The third-order valence-corrected chi connectivity index (χ3v) is 3.04. The molecule has 1 aliphatic carbocycles. The fraction of sp³-hybridized carbons (Fsp3) is 0.750. The lowest BCUT2D eigenvalue weighted by Crippen LogP contribution is -2.22. The summed E-state index contributed by atoms with van der Waals surface area (Å²) in [6.45, 7) is 6.03. The minimum atomic E-state index is -0.233. The minimum absolute atomic E-state index is 0.233. The molecule has 1 aliphatic rings. The highest BCUT2D eigenvalue weighted by Gasteiger charge is 2.32. The van der Waals surface area contributed by atoms with Crippen molar-refractivity contribution < 1.29 is 9.53 Å². The summed E-state index contributed by atoms with van der Waals surface area (Å²) >= 11 is 0. The molecular weight excluding hydrogens is 190 g/mol. The van der Waals surface area contributed by atoms with Gasteiger partial charge < -0.3 is 9.64 Å². The Bertz CT molecular complexity index is 260. The van der Waals surface area contributed by atoms with Gasteiger partial charge in [0.15, 0.2) is 0 Å². The molecule has 0 saturated heterocycles. The Kier molecular flexibility index (Phi) is 4.33. The van der Waals surface area contributed by atoms with E-state index in [1.54, 1.807) is 6.92 Å². The second-order valence-corrected chi connectivity index (χ2v) is 4.57. The predicted molar refractivity (Wildman–Crippen MR) is 60.5 cm³/mol. The third kappa shape index (κ3) is 4.04. The predicted octanol–water partition coefficient (Wildman–Crippen LogP) is 1.69. The molecule has 1 fully saturated rings. The van der Waals surface area contributed by atoms with Gasteiger partial charge >= 0.3 is 5.97 Å². The molecule has 3 heteroatoms. The van der Waals surface area contributed by atoms with Crippen molar-refractivity contribution in [1.29, 1.82) is 0 Å². The lowest BCUT2D eigenvalue weighted by Gasteiger charge is -2.14. The van der Waals surface area contributed by atoms with Crippen LogP contribution in [0.1, 0.15) is 20.3 Å². The Morgan fingerprint density at radius 2 is 2.20 bits per heavy atom. The summed E-state index contributed by atoms with van der Waals surface area (Å²) < 4.78 is 4.63. The number of carbonyl (C=O) groups is 1. The molecule has 0 spiro atoms. The van der Waals surface area contributed by atoms with Crippen molar-refractivity contribution in [3.63, 3.8) is 0 Å². The summed E-state index contributed by atoms with van der Waals surface area (Å²) in [5.74, 6) is 1.52. The SMILES string of the molecule is COC(=O)C(C)=CCN(C)CC1CC1C. The number of nitrogens with zero attached hydrogens (tertiary/aromatic N) is 1. The van der Waals surface area contributed by atoms with Gasteiger partial charge in [-0.15, -0.1) is 0 Å². The lowest BCUT2D eigenvalue weighted by atomic mass is 10.2. The zero-order valence-corrected chi connectivity index (χ0v) is 10.1. The van der Waals surface area contributed by atoms with Crippen LogP contribution >= 0.6 is 0 Å². The van der Waals surface area contributed by atoms with Gasteiger partial charge in [-0.25, -0.2) is 4.79 Å². The van der Waals surface area contributed by atoms with Crippen LogP contribution in [0, 0.1) is 11.8 Å². The first-order valence-electron chi connectivity index (χ1n) is 5.48. The maximum atomic E-state index is 11.1. The van der Waals surface area contributed by atoms with Gasteiger partial charge in [0.2, 0.25) is 0 Å². The first-order valence-corrected chi connectivity index (χ1v) is 5.48. The van der Waals surface area contributed by atoms with Crippen molar-refractivity contribution in [2.24, 2.45) is 11.8 Å². The van der Waals surface area contributed by atoms with Crippen molar-refractivity contribution in [2.45, 2.75) is 20.3 Å². The van der Waals surface area contributed by atoms with Crippen LogP contribution in [0.15, 0.2) is 11.6 Å². The van der Waals surface area contributed by atoms with Crippen LogP contribution in [0.5, 0.6) is 0 Å². The molecule has 0 N–H and O–H groups in total. The second kappa shape index (κ2) is 5.31. The topological polar surface area (TPSA) is 29.5 Å². The average molecular weight is 211 g/mol. The fourth-order valence-corrected chi connectivity index (χ4v) is 1.67. The molecule has 15 heavy (non-hydrogen) atoms. The van der Waals surface area contributed by atoms with Gasteiger partial charge in [0.05, 0.1) is 7.11 Å². The van der Waals surface area contributed by atoms with E-state index >= 15 is 0 Å².